The molecule has 4 N–H and O–H groups in total. The van der Waals surface area contributed by atoms with Crippen molar-refractivity contribution in [2.24, 2.45) is 0 Å². The Kier molecular flexibility index (Phi) is 6.19. The van der Waals surface area contributed by atoms with Crippen LogP contribution in [0.3, 0.4) is 0 Å². The number of amides is 1. The number of carboxylic acids is 1. The van der Waals surface area contributed by atoms with E-state index in [4.69, 9.17) is 26.8 Å². The van der Waals surface area contributed by atoms with Gasteiger partial charge < -0.3 is 25.0 Å². The highest BCUT2D eigenvalue weighted by molar-refractivity contribution is 7.80. The van der Waals surface area contributed by atoms with Crippen LogP contribution in [0.15, 0.2) is 30.3 Å². The number of carboxylic acid groups (broad SMARTS) is 1. The number of hydrogen-bond acceptors (Lipinski definition) is 6. The second kappa shape index (κ2) is 8.37. The number of phenols is 1. The molecule has 0 spiro atoms. The molecule has 0 aliphatic rings. The number of thiocarbonyl (C=S) groups is 1. The van der Waals surface area contributed by atoms with Crippen molar-refractivity contribution in [1.82, 2.24) is 5.32 Å². The number of aromatic carboxylic acids is 1. The third kappa shape index (κ3) is 4.64. The van der Waals surface area contributed by atoms with Gasteiger partial charge in [-0.1, -0.05) is 0 Å². The van der Waals surface area contributed by atoms with Crippen molar-refractivity contribution in [2.45, 2.75) is 6.92 Å². The van der Waals surface area contributed by atoms with E-state index in [0.29, 0.717) is 28.3 Å². The number of carbonyl (C=O) groups excluding carboxylic acids is 1. The molecular formula is C18H18N2O6S. The highest BCUT2D eigenvalue weighted by Gasteiger charge is 2.15. The van der Waals surface area contributed by atoms with Gasteiger partial charge in [-0.2, -0.15) is 0 Å². The first-order valence-electron chi connectivity index (χ1n) is 7.68. The third-order valence-electron chi connectivity index (χ3n) is 3.66. The maximum atomic E-state index is 12.3. The van der Waals surface area contributed by atoms with Crippen molar-refractivity contribution in [3.05, 3.63) is 47.0 Å². The molecule has 27 heavy (non-hydrogen) atoms. The van der Waals surface area contributed by atoms with Gasteiger partial charge in [0.05, 0.1) is 14.2 Å². The first kappa shape index (κ1) is 20.0. The normalized spacial score (nSPS) is 10.0. The smallest absolute Gasteiger partial charge is 0.339 e. The van der Waals surface area contributed by atoms with E-state index in [1.54, 1.807) is 19.1 Å². The summed E-state index contributed by atoms with van der Waals surface area (Å²) in [6.07, 6.45) is 0. The van der Waals surface area contributed by atoms with E-state index >= 15 is 0 Å². The number of rotatable bonds is 5. The molecule has 0 fully saturated rings. The Morgan fingerprint density at radius 3 is 2.33 bits per heavy atom. The summed E-state index contributed by atoms with van der Waals surface area (Å²) in [7, 11) is 2.95. The predicted molar refractivity (Wildman–Crippen MR) is 103 cm³/mol. The Morgan fingerprint density at radius 1 is 1.07 bits per heavy atom. The molecule has 2 aromatic carbocycles. The van der Waals surface area contributed by atoms with Crippen molar-refractivity contribution in [3.63, 3.8) is 0 Å². The van der Waals surface area contributed by atoms with Crippen molar-refractivity contribution < 1.29 is 29.3 Å². The van der Waals surface area contributed by atoms with Crippen molar-refractivity contribution in [2.75, 3.05) is 19.5 Å². The van der Waals surface area contributed by atoms with Crippen LogP contribution < -0.4 is 20.1 Å². The Hall–Kier alpha value is -3.33. The van der Waals surface area contributed by atoms with Crippen molar-refractivity contribution >= 4 is 34.9 Å². The third-order valence-corrected chi connectivity index (χ3v) is 3.87. The van der Waals surface area contributed by atoms with E-state index in [-0.39, 0.29) is 16.4 Å². The van der Waals surface area contributed by atoms with E-state index in [1.165, 1.54) is 32.4 Å². The molecule has 9 heteroatoms. The summed E-state index contributed by atoms with van der Waals surface area (Å²) < 4.78 is 10.3. The number of benzene rings is 2. The highest BCUT2D eigenvalue weighted by Crippen LogP contribution is 2.28. The van der Waals surface area contributed by atoms with E-state index in [1.807, 2.05) is 0 Å². The molecule has 1 amide bonds. The quantitative estimate of drug-likeness (QED) is 0.455. The second-order valence-electron chi connectivity index (χ2n) is 5.47. The van der Waals surface area contributed by atoms with Crippen LogP contribution in [-0.2, 0) is 0 Å². The summed E-state index contributed by atoms with van der Waals surface area (Å²) in [5.41, 5.74) is 0.697. The molecular weight excluding hydrogens is 372 g/mol. The average molecular weight is 390 g/mol. The number of hydrogen-bond donors (Lipinski definition) is 4. The zero-order valence-corrected chi connectivity index (χ0v) is 15.6. The molecule has 2 rings (SSSR count). The molecule has 0 aliphatic carbocycles. The van der Waals surface area contributed by atoms with Crippen LogP contribution in [0.4, 0.5) is 5.69 Å². The number of aryl methyl sites for hydroxylation is 1. The van der Waals surface area contributed by atoms with Crippen LogP contribution in [-0.4, -0.2) is 41.4 Å². The lowest BCUT2D eigenvalue weighted by molar-refractivity contribution is 0.0693. The molecule has 2 aromatic rings. The zero-order valence-electron chi connectivity index (χ0n) is 14.8. The van der Waals surface area contributed by atoms with Gasteiger partial charge in [0.1, 0.15) is 11.3 Å². The molecule has 0 atom stereocenters. The fraction of sp³-hybridized carbons (Fsp3) is 0.167. The fourth-order valence-electron chi connectivity index (χ4n) is 2.33. The van der Waals surface area contributed by atoms with Crippen LogP contribution in [0, 0.1) is 6.92 Å². The monoisotopic (exact) mass is 390 g/mol. The van der Waals surface area contributed by atoms with E-state index in [0.717, 1.165) is 0 Å². The number of carbonyl (C=O) groups is 2. The van der Waals surface area contributed by atoms with Gasteiger partial charge in [0.25, 0.3) is 5.91 Å². The lowest BCUT2D eigenvalue weighted by atomic mass is 10.1. The summed E-state index contributed by atoms with van der Waals surface area (Å²) in [5, 5.41) is 24.1. The van der Waals surface area contributed by atoms with Gasteiger partial charge >= 0.3 is 5.97 Å². The zero-order chi connectivity index (χ0) is 20.1. The summed E-state index contributed by atoms with van der Waals surface area (Å²) in [6, 6.07) is 7.37. The average Bonchev–Trinajstić information content (AvgIpc) is 2.63. The largest absolute Gasteiger partial charge is 0.507 e. The van der Waals surface area contributed by atoms with Crippen LogP contribution in [0.2, 0.25) is 0 Å². The number of ether oxygens (including phenoxy) is 2. The van der Waals surface area contributed by atoms with Crippen molar-refractivity contribution in [1.29, 1.82) is 0 Å². The predicted octanol–water partition coefficient (Wildman–Crippen LogP) is 2.54. The maximum absolute atomic E-state index is 12.3. The van der Waals surface area contributed by atoms with E-state index < -0.39 is 11.9 Å². The lowest BCUT2D eigenvalue weighted by Crippen LogP contribution is -2.34. The van der Waals surface area contributed by atoms with Crippen molar-refractivity contribution in [3.8, 4) is 17.2 Å². The topological polar surface area (TPSA) is 117 Å². The van der Waals surface area contributed by atoms with Crippen LogP contribution >= 0.6 is 12.2 Å². The summed E-state index contributed by atoms with van der Waals surface area (Å²) in [4.78, 5) is 23.5. The number of nitrogens with one attached hydrogen (secondary N) is 2. The molecule has 0 aliphatic heterocycles. The van der Waals surface area contributed by atoms with E-state index in [2.05, 4.69) is 10.6 Å². The minimum absolute atomic E-state index is 0.0313. The Bertz CT molecular complexity index is 913. The summed E-state index contributed by atoms with van der Waals surface area (Å²) in [5.74, 6) is -1.21. The van der Waals surface area contributed by atoms with Gasteiger partial charge in [0.2, 0.25) is 0 Å². The fourth-order valence-corrected chi connectivity index (χ4v) is 2.54. The van der Waals surface area contributed by atoms with Crippen LogP contribution in [0.5, 0.6) is 17.2 Å². The molecule has 0 bridgehead atoms. The SMILES string of the molecule is COc1ccc(C(=O)NC(=S)Nc2cc(C)c(O)c(C(=O)O)c2)cc1OC. The molecule has 0 radical (unpaired) electrons. The Labute approximate surface area is 160 Å². The first-order chi connectivity index (χ1) is 12.8. The summed E-state index contributed by atoms with van der Waals surface area (Å²) in [6.45, 7) is 1.55. The maximum Gasteiger partial charge on any atom is 0.339 e. The molecule has 0 saturated heterocycles. The molecule has 142 valence electrons. The Balaban J connectivity index is 2.14. The van der Waals surface area contributed by atoms with Gasteiger partial charge in [-0.25, -0.2) is 4.79 Å². The van der Waals surface area contributed by atoms with Gasteiger partial charge in [-0.15, -0.1) is 0 Å². The van der Waals surface area contributed by atoms with E-state index in [9.17, 15) is 14.7 Å². The Morgan fingerprint density at radius 2 is 1.74 bits per heavy atom. The molecule has 0 aromatic heterocycles. The highest BCUT2D eigenvalue weighted by atomic mass is 32.1. The standard InChI is InChI=1S/C18H18N2O6S/c1-9-6-11(8-12(15(9)21)17(23)24)19-18(27)20-16(22)10-4-5-13(25-2)14(7-10)26-3/h4-8,21H,1-3H3,(H,23,24)(H2,19,20,22,27). The molecule has 0 saturated carbocycles. The van der Waals surface area contributed by atoms with Gasteiger partial charge in [-0.05, 0) is 55.0 Å². The molecule has 0 heterocycles. The second-order valence-corrected chi connectivity index (χ2v) is 5.88. The minimum Gasteiger partial charge on any atom is -0.507 e. The van der Waals surface area contributed by atoms with Crippen LogP contribution in [0.25, 0.3) is 0 Å². The van der Waals surface area contributed by atoms with Gasteiger partial charge in [0.15, 0.2) is 16.6 Å². The minimum atomic E-state index is -1.28. The lowest BCUT2D eigenvalue weighted by Gasteiger charge is -2.13. The number of methoxy groups -OCH3 is 2. The van der Waals surface area contributed by atoms with Gasteiger partial charge in [0, 0.05) is 11.3 Å². The summed E-state index contributed by atoms with van der Waals surface area (Å²) >= 11 is 5.10. The first-order valence-corrected chi connectivity index (χ1v) is 8.09. The van der Waals surface area contributed by atoms with Gasteiger partial charge in [-0.3, -0.25) is 10.1 Å². The molecule has 8 nitrogen and oxygen atoms in total. The number of anilines is 1. The number of aromatic hydroxyl groups is 1. The van der Waals surface area contributed by atoms with Crippen LogP contribution in [0.1, 0.15) is 26.3 Å². The molecule has 0 unspecified atom stereocenters.